The second-order valence-corrected chi connectivity index (χ2v) is 15.3. The van der Waals surface area contributed by atoms with Crippen molar-refractivity contribution in [3.05, 3.63) is 22.8 Å². The summed E-state index contributed by atoms with van der Waals surface area (Å²) < 4.78 is 5.41. The Bertz CT molecular complexity index is 1150. The summed E-state index contributed by atoms with van der Waals surface area (Å²) in [5, 5.41) is 10.5. The number of fused-ring (bicyclic) bond motifs is 7. The van der Waals surface area contributed by atoms with Crippen molar-refractivity contribution in [1.29, 1.82) is 0 Å². The van der Waals surface area contributed by atoms with Gasteiger partial charge >= 0.3 is 5.97 Å². The molecule has 1 N–H and O–H groups in total. The summed E-state index contributed by atoms with van der Waals surface area (Å²) in [5.74, 6) is -0.480. The first-order valence-electron chi connectivity index (χ1n) is 14.4. The van der Waals surface area contributed by atoms with Crippen LogP contribution in [0.4, 0.5) is 0 Å². The molecule has 210 valence electrons. The summed E-state index contributed by atoms with van der Waals surface area (Å²) in [6.45, 7) is 13.0. The van der Waals surface area contributed by atoms with Crippen molar-refractivity contribution in [2.24, 2.45) is 50.2 Å². The molecule has 0 aromatic heterocycles. The first-order valence-corrected chi connectivity index (χ1v) is 14.8. The Morgan fingerprint density at radius 3 is 2.34 bits per heavy atom. The molecule has 4 saturated carbocycles. The molecule has 0 aliphatic heterocycles. The van der Waals surface area contributed by atoms with Crippen LogP contribution in [0.5, 0.6) is 0 Å². The quantitative estimate of drug-likeness (QED) is 0.321. The summed E-state index contributed by atoms with van der Waals surface area (Å²) in [5.41, 5.74) is 0.504. The molecule has 0 bridgehead atoms. The van der Waals surface area contributed by atoms with Crippen molar-refractivity contribution in [3.63, 3.8) is 0 Å². The van der Waals surface area contributed by atoms with Crippen LogP contribution in [0.3, 0.4) is 0 Å². The highest BCUT2D eigenvalue weighted by atomic mass is 35.5. The van der Waals surface area contributed by atoms with Crippen molar-refractivity contribution < 1.29 is 24.2 Å². The predicted molar refractivity (Wildman–Crippen MR) is 147 cm³/mol. The van der Waals surface area contributed by atoms with Crippen LogP contribution in [0, 0.1) is 50.2 Å². The molecule has 38 heavy (non-hydrogen) atoms. The highest BCUT2D eigenvalue weighted by molar-refractivity contribution is 6.28. The van der Waals surface area contributed by atoms with E-state index in [1.54, 1.807) is 0 Å². The van der Waals surface area contributed by atoms with E-state index in [2.05, 4.69) is 34.6 Å². The number of rotatable bonds is 2. The number of allylic oxidation sites excluding steroid dienone is 3. The third-order valence-corrected chi connectivity index (χ3v) is 13.1. The summed E-state index contributed by atoms with van der Waals surface area (Å²) in [4.78, 5) is 41.2. The summed E-state index contributed by atoms with van der Waals surface area (Å²) >= 11 is 6.20. The van der Waals surface area contributed by atoms with Crippen LogP contribution in [0.15, 0.2) is 22.8 Å². The SMILES string of the molecule is COC(=O)[C@]12CCC(C)(C)C[C@H]1[C@H]1C(=O)C=C3[C@@]4(C)CC(=CCl)C(=O)[C@](C)(CO)[C@@H]4CC[C@@]3(C)[C@]1(C)CC2. The minimum atomic E-state index is -0.934. The van der Waals surface area contributed by atoms with Crippen LogP contribution in [-0.4, -0.2) is 36.4 Å². The van der Waals surface area contributed by atoms with E-state index in [-0.39, 0.29) is 58.1 Å². The van der Waals surface area contributed by atoms with E-state index in [4.69, 9.17) is 16.3 Å². The molecular formula is C32H45ClO5. The number of ketones is 2. The Morgan fingerprint density at radius 1 is 1.08 bits per heavy atom. The molecule has 5 aliphatic rings. The average Bonchev–Trinajstić information content (AvgIpc) is 2.86. The Morgan fingerprint density at radius 2 is 1.74 bits per heavy atom. The van der Waals surface area contributed by atoms with Gasteiger partial charge in [-0.25, -0.2) is 0 Å². The lowest BCUT2D eigenvalue weighted by Crippen LogP contribution is -2.66. The van der Waals surface area contributed by atoms with Crippen LogP contribution in [-0.2, 0) is 19.1 Å². The maximum atomic E-state index is 14.4. The fourth-order valence-corrected chi connectivity index (χ4v) is 10.7. The van der Waals surface area contributed by atoms with Gasteiger partial charge in [-0.1, -0.05) is 51.8 Å². The van der Waals surface area contributed by atoms with Crippen molar-refractivity contribution in [3.8, 4) is 0 Å². The van der Waals surface area contributed by atoms with Crippen LogP contribution in [0.1, 0.15) is 92.9 Å². The summed E-state index contributed by atoms with van der Waals surface area (Å²) in [7, 11) is 1.48. The zero-order valence-corrected chi connectivity index (χ0v) is 25.0. The molecule has 0 unspecified atom stereocenters. The number of Topliss-reactive ketones (excluding diaryl/α,β-unsaturated/α-hetero) is 1. The van der Waals surface area contributed by atoms with Gasteiger partial charge in [0.25, 0.3) is 0 Å². The van der Waals surface area contributed by atoms with Gasteiger partial charge in [0.1, 0.15) is 0 Å². The smallest absolute Gasteiger partial charge is 0.312 e. The number of ether oxygens (including phenoxy) is 1. The number of halogens is 1. The maximum Gasteiger partial charge on any atom is 0.312 e. The fourth-order valence-electron chi connectivity index (χ4n) is 10.5. The zero-order chi connectivity index (χ0) is 28.1. The van der Waals surface area contributed by atoms with Gasteiger partial charge in [0, 0.05) is 17.0 Å². The molecule has 0 aromatic rings. The van der Waals surface area contributed by atoms with E-state index >= 15 is 0 Å². The van der Waals surface area contributed by atoms with Crippen molar-refractivity contribution in [2.45, 2.75) is 92.9 Å². The Labute approximate surface area is 232 Å². The first-order chi connectivity index (χ1) is 17.6. The Kier molecular flexibility index (Phi) is 6.30. The highest BCUT2D eigenvalue weighted by Crippen LogP contribution is 2.75. The van der Waals surface area contributed by atoms with E-state index < -0.39 is 16.2 Å². The third-order valence-electron chi connectivity index (χ3n) is 12.9. The number of carbonyl (C=O) groups is 3. The molecule has 5 rings (SSSR count). The van der Waals surface area contributed by atoms with Crippen LogP contribution in [0.25, 0.3) is 0 Å². The molecule has 4 fully saturated rings. The molecule has 5 aliphatic carbocycles. The number of hydrogen-bond donors (Lipinski definition) is 1. The average molecular weight is 545 g/mol. The van der Waals surface area contributed by atoms with E-state index in [0.29, 0.717) is 12.0 Å². The fraction of sp³-hybridized carbons (Fsp3) is 0.781. The van der Waals surface area contributed by atoms with Gasteiger partial charge < -0.3 is 9.84 Å². The number of hydrogen-bond acceptors (Lipinski definition) is 5. The van der Waals surface area contributed by atoms with Crippen LogP contribution >= 0.6 is 11.6 Å². The first kappa shape index (κ1) is 28.1. The van der Waals surface area contributed by atoms with E-state index in [0.717, 1.165) is 50.5 Å². The molecule has 0 saturated heterocycles. The van der Waals surface area contributed by atoms with Crippen molar-refractivity contribution in [1.82, 2.24) is 0 Å². The number of aliphatic hydroxyl groups is 1. The van der Waals surface area contributed by atoms with Gasteiger partial charge in [0.15, 0.2) is 11.6 Å². The highest BCUT2D eigenvalue weighted by Gasteiger charge is 2.71. The van der Waals surface area contributed by atoms with Gasteiger partial charge in [-0.3, -0.25) is 14.4 Å². The predicted octanol–water partition coefficient (Wildman–Crippen LogP) is 6.41. The van der Waals surface area contributed by atoms with Gasteiger partial charge in [-0.2, -0.15) is 0 Å². The minimum absolute atomic E-state index is 0.0564. The largest absolute Gasteiger partial charge is 0.469 e. The minimum Gasteiger partial charge on any atom is -0.469 e. The number of esters is 1. The van der Waals surface area contributed by atoms with E-state index in [1.165, 1.54) is 12.6 Å². The number of methoxy groups -OCH3 is 1. The molecular weight excluding hydrogens is 500 g/mol. The molecule has 0 heterocycles. The van der Waals surface area contributed by atoms with E-state index in [9.17, 15) is 19.5 Å². The van der Waals surface area contributed by atoms with E-state index in [1.807, 2.05) is 13.0 Å². The van der Waals surface area contributed by atoms with Crippen LogP contribution in [0.2, 0.25) is 0 Å². The maximum absolute atomic E-state index is 14.4. The van der Waals surface area contributed by atoms with Crippen LogP contribution < -0.4 is 0 Å². The lowest BCUT2D eigenvalue weighted by Gasteiger charge is -2.69. The monoisotopic (exact) mass is 544 g/mol. The normalized spacial score (nSPS) is 48.8. The summed E-state index contributed by atoms with van der Waals surface area (Å²) in [6, 6.07) is 0. The molecule has 0 amide bonds. The Balaban J connectivity index is 1.68. The zero-order valence-electron chi connectivity index (χ0n) is 24.2. The standard InChI is InChI=1S/C32H45ClO5/c1-27(2)10-12-32(26(37)38-7)13-11-31(6)24(20(32)16-27)21(35)14-23-28(3)15-19(17-33)25(36)29(4,18-34)22(28)8-9-30(23,31)5/h14,17,20,22,24,34H,8-13,15-16,18H2,1-7H3/t20-,22+,24-,28-,29+,30+,31+,32-/m0/s1. The second-order valence-electron chi connectivity index (χ2n) is 15.0. The van der Waals surface area contributed by atoms with Gasteiger partial charge in [0.05, 0.1) is 24.5 Å². The van der Waals surface area contributed by atoms with Crippen molar-refractivity contribution in [2.75, 3.05) is 13.7 Å². The second kappa shape index (κ2) is 8.52. The Hall–Kier alpha value is -1.46. The molecule has 0 radical (unpaired) electrons. The topological polar surface area (TPSA) is 80.7 Å². The molecule has 6 heteroatoms. The van der Waals surface area contributed by atoms with Gasteiger partial charge in [0.2, 0.25) is 0 Å². The number of aliphatic hydroxyl groups excluding tert-OH is 1. The lowest BCUT2D eigenvalue weighted by atomic mass is 9.33. The van der Waals surface area contributed by atoms with Crippen molar-refractivity contribution >= 4 is 29.1 Å². The lowest BCUT2D eigenvalue weighted by molar-refractivity contribution is -0.192. The molecule has 0 aromatic carbocycles. The molecule has 0 spiro atoms. The third kappa shape index (κ3) is 3.30. The van der Waals surface area contributed by atoms with Gasteiger partial charge in [-0.15, -0.1) is 0 Å². The van der Waals surface area contributed by atoms with Gasteiger partial charge in [-0.05, 0) is 97.9 Å². The number of carbonyl (C=O) groups excluding carboxylic acids is 3. The summed E-state index contributed by atoms with van der Waals surface area (Å²) in [6.07, 6.45) is 8.13. The molecule has 5 nitrogen and oxygen atoms in total. The molecule has 8 atom stereocenters.